The third-order valence-electron chi connectivity index (χ3n) is 27.8. The summed E-state index contributed by atoms with van der Waals surface area (Å²) in [6.07, 6.45) is 0. The number of aromatic nitrogens is 2. The molecule has 0 amide bonds. The largest absolute Gasteiger partial charge is 0.455 e. The Morgan fingerprint density at radius 2 is 0.384 bits per heavy atom. The Balaban J connectivity index is 0.482. The van der Waals surface area contributed by atoms with E-state index >= 15 is 0 Å². The van der Waals surface area contributed by atoms with E-state index in [0.717, 1.165) is 195 Å². The summed E-state index contributed by atoms with van der Waals surface area (Å²) in [7, 11) is 0. The Bertz CT molecular complexity index is 9040. The lowest BCUT2D eigenvalue weighted by Crippen LogP contribution is -2.09. The first-order valence-corrected chi connectivity index (χ1v) is 47.2. The van der Waals surface area contributed by atoms with Gasteiger partial charge in [-0.2, -0.15) is 0 Å². The number of rotatable bonds is 19. The van der Waals surface area contributed by atoms with E-state index in [4.69, 9.17) is 8.83 Å². The van der Waals surface area contributed by atoms with E-state index in [1.807, 2.05) is 12.1 Å². The van der Waals surface area contributed by atoms with E-state index in [-0.39, 0.29) is 0 Å². The number of hydrogen-bond acceptors (Lipinski definition) is 4. The van der Waals surface area contributed by atoms with Gasteiger partial charge < -0.3 is 27.8 Å². The lowest BCUT2D eigenvalue weighted by molar-refractivity contribution is 0.669. The first-order chi connectivity index (χ1) is 68.4. The van der Waals surface area contributed by atoms with Crippen LogP contribution in [0.15, 0.2) is 531 Å². The average molecular weight is 1760 g/mol. The highest BCUT2D eigenvalue weighted by Crippen LogP contribution is 2.48. The molecule has 0 aliphatic carbocycles. The fraction of sp³-hybridized carbons (Fsp3) is 0. The van der Waals surface area contributed by atoms with Crippen molar-refractivity contribution in [2.24, 2.45) is 0 Å². The van der Waals surface area contributed by atoms with Crippen molar-refractivity contribution >= 4 is 122 Å². The minimum Gasteiger partial charge on any atom is -0.455 e. The Labute approximate surface area is 799 Å². The van der Waals surface area contributed by atoms with Crippen LogP contribution in [0.3, 0.4) is 0 Å². The summed E-state index contributed by atoms with van der Waals surface area (Å²) in [4.78, 5) is 4.72. The van der Waals surface area contributed by atoms with Gasteiger partial charge in [0.2, 0.25) is 0 Å². The smallest absolute Gasteiger partial charge is 0.143 e. The SMILES string of the molecule is c1ccc(-c2ccc(-c3ccc(N(c4ccccc4)c4ccc(-c5cccc(-c6cccc7c6oc6cc(-c8cccc(-c9cccc(-c%10ccc(N(c%11ccc(-c%12ccc(-c%13cccc%14c%13oc%13ccccc%13%14)cc%12)cc%11)c%11ccc(-c%12ccc(-c%13ccccc%13)cc%12-n%12c%13ccccc%13c%13ccccc%13%12)cc%11)cc%10)c9)c8)ccc67)c5)cc4)cc3)c(-n3c4ccccc4c4ccccc43)c2)cc1. The van der Waals surface area contributed by atoms with Crippen molar-refractivity contribution in [3.05, 3.63) is 522 Å². The lowest BCUT2D eigenvalue weighted by atomic mass is 9.95. The van der Waals surface area contributed by atoms with Crippen LogP contribution in [0, 0.1) is 0 Å². The predicted molar refractivity (Wildman–Crippen MR) is 579 cm³/mol. The third kappa shape index (κ3) is 14.4. The Kier molecular flexibility index (Phi) is 19.9. The summed E-state index contributed by atoms with van der Waals surface area (Å²) in [5.41, 5.74) is 41.5. The van der Waals surface area contributed by atoms with Gasteiger partial charge in [-0.1, -0.05) is 376 Å². The Hall–Kier alpha value is -18.4. The number of anilines is 6. The molecule has 0 aliphatic rings. The number of hydrogen-bond donors (Lipinski definition) is 0. The zero-order valence-electron chi connectivity index (χ0n) is 75.3. The Morgan fingerprint density at radius 1 is 0.138 bits per heavy atom. The number of fused-ring (bicyclic) bond motifs is 12. The highest BCUT2D eigenvalue weighted by atomic mass is 16.3. The van der Waals surface area contributed by atoms with Crippen molar-refractivity contribution in [2.45, 2.75) is 0 Å². The monoisotopic (exact) mass is 1760 g/mol. The van der Waals surface area contributed by atoms with Crippen LogP contribution in [0.4, 0.5) is 34.1 Å². The van der Waals surface area contributed by atoms with E-state index < -0.39 is 0 Å². The van der Waals surface area contributed by atoms with Crippen LogP contribution >= 0.6 is 0 Å². The zero-order valence-corrected chi connectivity index (χ0v) is 75.3. The standard InChI is InChI=1S/C132H86N4O2/c1-4-25-87(26-5-1)101-65-78-111(127(84-101)135-123-46-15-10-37-115(123)116-38-11-16-47-124(116)135)93-61-74-109(75-62-93)133(105-35-8-3-9-36-105)106-70-59-92(60-71-106)97-30-22-34-104(83-97)114-43-24-45-122-120-80-67-103(86-130(120)138-132(114)122)100-33-21-32-99(82-100)98-31-20-29-96(81-98)91-57-72-108(73-58-91)134(107-68-55-90(56-69-107)89-51-53-95(54-52-89)113-42-23-44-121-119-41-14-19-50-129(119)137-131(113)121)110-76-63-94(64-77-110)112-79-66-102(88-27-6-2-7-28-88)85-128(112)136-125-48-17-12-39-117(125)118-40-13-18-49-126(118)136/h1-86H. The number of para-hydroxylation sites is 8. The maximum Gasteiger partial charge on any atom is 0.143 e. The molecule has 0 saturated heterocycles. The van der Waals surface area contributed by atoms with Gasteiger partial charge in [-0.3, -0.25) is 0 Å². The van der Waals surface area contributed by atoms with Gasteiger partial charge >= 0.3 is 0 Å². The molecule has 138 heavy (non-hydrogen) atoms. The van der Waals surface area contributed by atoms with Crippen LogP contribution in [0.25, 0.3) is 221 Å². The fourth-order valence-corrected chi connectivity index (χ4v) is 21.0. The van der Waals surface area contributed by atoms with Crippen LogP contribution in [0.5, 0.6) is 0 Å². The molecule has 0 spiro atoms. The summed E-state index contributed by atoms with van der Waals surface area (Å²) in [6.45, 7) is 0. The van der Waals surface area contributed by atoms with Crippen molar-refractivity contribution < 1.29 is 8.83 Å². The molecule has 26 rings (SSSR count). The number of furan rings is 2. The highest BCUT2D eigenvalue weighted by molar-refractivity contribution is 6.14. The normalized spacial score (nSPS) is 11.6. The maximum atomic E-state index is 7.05. The van der Waals surface area contributed by atoms with E-state index in [1.165, 1.54) is 60.3 Å². The second-order valence-corrected chi connectivity index (χ2v) is 35.8. The lowest BCUT2D eigenvalue weighted by Gasteiger charge is -2.26. The van der Waals surface area contributed by atoms with Crippen LogP contribution < -0.4 is 9.80 Å². The third-order valence-corrected chi connectivity index (χ3v) is 27.8. The van der Waals surface area contributed by atoms with E-state index in [0.29, 0.717) is 0 Å². The van der Waals surface area contributed by atoms with Crippen LogP contribution in [-0.4, -0.2) is 9.13 Å². The molecule has 6 heteroatoms. The first-order valence-electron chi connectivity index (χ1n) is 47.2. The van der Waals surface area contributed by atoms with Gasteiger partial charge in [0.25, 0.3) is 0 Å². The molecule has 4 aromatic heterocycles. The van der Waals surface area contributed by atoms with Gasteiger partial charge in [0.05, 0.1) is 33.4 Å². The van der Waals surface area contributed by atoms with Gasteiger partial charge in [-0.25, -0.2) is 0 Å². The summed E-state index contributed by atoms with van der Waals surface area (Å²) < 4.78 is 18.4. The minimum absolute atomic E-state index is 0.843. The molecule has 22 aromatic carbocycles. The molecule has 26 aromatic rings. The topological polar surface area (TPSA) is 42.6 Å². The van der Waals surface area contributed by atoms with E-state index in [9.17, 15) is 0 Å². The summed E-state index contributed by atoms with van der Waals surface area (Å²) in [6, 6.07) is 190. The van der Waals surface area contributed by atoms with Crippen molar-refractivity contribution in [3.63, 3.8) is 0 Å². The van der Waals surface area contributed by atoms with E-state index in [1.54, 1.807) is 0 Å². The highest BCUT2D eigenvalue weighted by Gasteiger charge is 2.25. The van der Waals surface area contributed by atoms with E-state index in [2.05, 4.69) is 529 Å². The van der Waals surface area contributed by atoms with Crippen LogP contribution in [0.2, 0.25) is 0 Å². The Morgan fingerprint density at radius 3 is 0.812 bits per heavy atom. The quantitative estimate of drug-likeness (QED) is 0.0809. The molecular formula is C132H86N4O2. The maximum absolute atomic E-state index is 7.05. The predicted octanol–water partition coefficient (Wildman–Crippen LogP) is 37.0. The van der Waals surface area contributed by atoms with Gasteiger partial charge in [-0.15, -0.1) is 0 Å². The number of nitrogens with zero attached hydrogens (tertiary/aromatic N) is 4. The summed E-state index contributed by atoms with van der Waals surface area (Å²) in [5.74, 6) is 0. The molecule has 0 N–H and O–H groups in total. The molecule has 0 unspecified atom stereocenters. The molecule has 6 nitrogen and oxygen atoms in total. The molecule has 0 fully saturated rings. The van der Waals surface area contributed by atoms with Gasteiger partial charge in [0.15, 0.2) is 0 Å². The zero-order chi connectivity index (χ0) is 91.1. The van der Waals surface area contributed by atoms with Gasteiger partial charge in [0, 0.05) is 99.5 Å². The molecule has 0 saturated carbocycles. The molecule has 0 radical (unpaired) electrons. The van der Waals surface area contributed by atoms with Crippen molar-refractivity contribution in [1.82, 2.24) is 9.13 Å². The number of benzene rings is 22. The minimum atomic E-state index is 0.843. The molecule has 0 bridgehead atoms. The van der Waals surface area contributed by atoms with Crippen molar-refractivity contribution in [2.75, 3.05) is 9.80 Å². The second-order valence-electron chi connectivity index (χ2n) is 35.8. The second kappa shape index (κ2) is 34.0. The van der Waals surface area contributed by atoms with Crippen LogP contribution in [0.1, 0.15) is 0 Å². The molecular weight excluding hydrogens is 1670 g/mol. The first kappa shape index (κ1) is 80.5. The average Bonchev–Trinajstić information content (AvgIpc) is 1.59. The van der Waals surface area contributed by atoms with Crippen molar-refractivity contribution in [1.29, 1.82) is 0 Å². The van der Waals surface area contributed by atoms with Crippen LogP contribution in [-0.2, 0) is 0 Å². The fourth-order valence-electron chi connectivity index (χ4n) is 21.0. The van der Waals surface area contributed by atoms with Crippen molar-refractivity contribution in [3.8, 4) is 134 Å². The van der Waals surface area contributed by atoms with Gasteiger partial charge in [-0.05, 0) is 246 Å². The summed E-state index contributed by atoms with van der Waals surface area (Å²) >= 11 is 0. The molecule has 646 valence electrons. The molecule has 0 atom stereocenters. The van der Waals surface area contributed by atoms with Gasteiger partial charge in [0.1, 0.15) is 22.3 Å². The molecule has 0 aliphatic heterocycles. The molecule has 4 heterocycles. The summed E-state index contributed by atoms with van der Waals surface area (Å²) in [5, 5.41) is 9.33.